The second-order valence-corrected chi connectivity index (χ2v) is 3.59. The van der Waals surface area contributed by atoms with Gasteiger partial charge in [0, 0.05) is 7.05 Å². The van der Waals surface area contributed by atoms with Crippen molar-refractivity contribution in [2.45, 2.75) is 19.2 Å². The summed E-state index contributed by atoms with van der Waals surface area (Å²) in [6.45, 7) is 0.518. The number of nitrogens with zero attached hydrogens (tertiary/aromatic N) is 2. The topological polar surface area (TPSA) is 36.4 Å². The second kappa shape index (κ2) is 4.69. The predicted molar refractivity (Wildman–Crippen MR) is 54.2 cm³/mol. The first-order chi connectivity index (χ1) is 7.29. The normalized spacial score (nSPS) is 13.6. The van der Waals surface area contributed by atoms with E-state index in [0.29, 0.717) is 11.4 Å². The van der Waals surface area contributed by atoms with Crippen LogP contribution in [0.4, 0.5) is 18.9 Å². The lowest BCUT2D eigenvalue weighted by atomic mass is 10.2. The van der Waals surface area contributed by atoms with Crippen LogP contribution < -0.4 is 4.90 Å². The summed E-state index contributed by atoms with van der Waals surface area (Å²) in [5, 5.41) is 9.18. The summed E-state index contributed by atoms with van der Waals surface area (Å²) in [6.07, 6.45) is -3.65. The Morgan fingerprint density at radius 3 is 2.44 bits per heavy atom. The van der Waals surface area contributed by atoms with Gasteiger partial charge in [0.05, 0.1) is 23.7 Å². The molecule has 90 valence electrons. The van der Waals surface area contributed by atoms with Crippen LogP contribution in [0.25, 0.3) is 0 Å². The number of aromatic nitrogens is 1. The van der Waals surface area contributed by atoms with Crippen molar-refractivity contribution in [1.29, 1.82) is 0 Å². The van der Waals surface area contributed by atoms with E-state index in [1.165, 1.54) is 25.4 Å². The van der Waals surface area contributed by atoms with Crippen LogP contribution in [-0.4, -0.2) is 29.9 Å². The Bertz CT molecular complexity index is 335. The molecule has 1 heterocycles. The summed E-state index contributed by atoms with van der Waals surface area (Å²) < 4.78 is 36.3. The minimum atomic E-state index is -4.24. The van der Waals surface area contributed by atoms with Gasteiger partial charge in [-0.25, -0.2) is 0 Å². The zero-order chi connectivity index (χ0) is 12.3. The van der Waals surface area contributed by atoms with E-state index in [4.69, 9.17) is 0 Å². The standard InChI is InChI=1S/C10H13F3N2O/c1-7(16)9-4-3-8(5-14-9)15(2)6-10(11,12)13/h3-5,7,16H,6H2,1-2H3/t7-/m0/s1. The van der Waals surface area contributed by atoms with Crippen LogP contribution in [0.15, 0.2) is 18.3 Å². The van der Waals surface area contributed by atoms with Gasteiger partial charge in [-0.3, -0.25) is 4.98 Å². The SMILES string of the molecule is C[C@H](O)c1ccc(N(C)CC(F)(F)F)cn1. The number of aliphatic hydroxyl groups is 1. The highest BCUT2D eigenvalue weighted by atomic mass is 19.4. The number of alkyl halides is 3. The van der Waals surface area contributed by atoms with Crippen molar-refractivity contribution < 1.29 is 18.3 Å². The summed E-state index contributed by atoms with van der Waals surface area (Å²) in [4.78, 5) is 4.92. The van der Waals surface area contributed by atoms with Crippen molar-refractivity contribution in [3.8, 4) is 0 Å². The number of anilines is 1. The lowest BCUT2D eigenvalue weighted by Crippen LogP contribution is -2.30. The largest absolute Gasteiger partial charge is 0.405 e. The molecule has 0 aliphatic rings. The first-order valence-corrected chi connectivity index (χ1v) is 4.71. The van der Waals surface area contributed by atoms with Gasteiger partial charge in [-0.1, -0.05) is 0 Å². The Morgan fingerprint density at radius 1 is 1.44 bits per heavy atom. The van der Waals surface area contributed by atoms with Crippen molar-refractivity contribution in [3.05, 3.63) is 24.0 Å². The molecular weight excluding hydrogens is 221 g/mol. The van der Waals surface area contributed by atoms with E-state index >= 15 is 0 Å². The maximum absolute atomic E-state index is 12.1. The maximum atomic E-state index is 12.1. The van der Waals surface area contributed by atoms with Gasteiger partial charge >= 0.3 is 6.18 Å². The molecule has 1 aromatic rings. The van der Waals surface area contributed by atoms with Crippen LogP contribution >= 0.6 is 0 Å². The molecule has 1 atom stereocenters. The quantitative estimate of drug-likeness (QED) is 0.870. The molecule has 0 fully saturated rings. The summed E-state index contributed by atoms with van der Waals surface area (Å²) in [7, 11) is 1.34. The molecule has 0 spiro atoms. The molecule has 1 N–H and O–H groups in total. The van der Waals surface area contributed by atoms with E-state index in [-0.39, 0.29) is 0 Å². The number of rotatable bonds is 3. The van der Waals surface area contributed by atoms with Crippen LogP contribution in [0.5, 0.6) is 0 Å². The van der Waals surface area contributed by atoms with E-state index in [2.05, 4.69) is 4.98 Å². The number of aliphatic hydroxyl groups excluding tert-OH is 1. The van der Waals surface area contributed by atoms with Crippen LogP contribution in [0, 0.1) is 0 Å². The molecule has 0 aromatic carbocycles. The fourth-order valence-corrected chi connectivity index (χ4v) is 1.23. The fraction of sp³-hybridized carbons (Fsp3) is 0.500. The number of halogens is 3. The molecular formula is C10H13F3N2O. The van der Waals surface area contributed by atoms with Crippen molar-refractivity contribution in [3.63, 3.8) is 0 Å². The van der Waals surface area contributed by atoms with Gasteiger partial charge in [-0.05, 0) is 19.1 Å². The van der Waals surface area contributed by atoms with E-state index in [9.17, 15) is 18.3 Å². The van der Waals surface area contributed by atoms with E-state index in [1.807, 2.05) is 0 Å². The average Bonchev–Trinajstić information content (AvgIpc) is 2.15. The number of hydrogen-bond acceptors (Lipinski definition) is 3. The van der Waals surface area contributed by atoms with E-state index in [1.54, 1.807) is 6.92 Å². The van der Waals surface area contributed by atoms with Crippen molar-refractivity contribution in [2.24, 2.45) is 0 Å². The molecule has 0 bridgehead atoms. The van der Waals surface area contributed by atoms with Gasteiger partial charge in [0.25, 0.3) is 0 Å². The lowest BCUT2D eigenvalue weighted by molar-refractivity contribution is -0.119. The van der Waals surface area contributed by atoms with Gasteiger partial charge in [0.2, 0.25) is 0 Å². The Kier molecular flexibility index (Phi) is 3.74. The highest BCUT2D eigenvalue weighted by Crippen LogP contribution is 2.21. The highest BCUT2D eigenvalue weighted by Gasteiger charge is 2.29. The lowest BCUT2D eigenvalue weighted by Gasteiger charge is -2.20. The minimum absolute atomic E-state index is 0.363. The zero-order valence-corrected chi connectivity index (χ0v) is 8.99. The summed E-state index contributed by atoms with van der Waals surface area (Å²) >= 11 is 0. The fourth-order valence-electron chi connectivity index (χ4n) is 1.23. The van der Waals surface area contributed by atoms with Crippen LogP contribution in [0.2, 0.25) is 0 Å². The third-order valence-corrected chi connectivity index (χ3v) is 2.06. The van der Waals surface area contributed by atoms with Gasteiger partial charge in [0.1, 0.15) is 6.54 Å². The third kappa shape index (κ3) is 3.69. The monoisotopic (exact) mass is 234 g/mol. The van der Waals surface area contributed by atoms with Gasteiger partial charge in [-0.2, -0.15) is 13.2 Å². The molecule has 0 aliphatic heterocycles. The first kappa shape index (κ1) is 12.8. The highest BCUT2D eigenvalue weighted by molar-refractivity contribution is 5.43. The van der Waals surface area contributed by atoms with Crippen LogP contribution in [0.3, 0.4) is 0 Å². The average molecular weight is 234 g/mol. The van der Waals surface area contributed by atoms with Crippen molar-refractivity contribution in [1.82, 2.24) is 4.98 Å². The Labute approximate surface area is 91.5 Å². The molecule has 0 amide bonds. The molecule has 6 heteroatoms. The first-order valence-electron chi connectivity index (χ1n) is 4.71. The van der Waals surface area contributed by atoms with E-state index in [0.717, 1.165) is 4.90 Å². The molecule has 0 saturated heterocycles. The number of hydrogen-bond donors (Lipinski definition) is 1. The predicted octanol–water partition coefficient (Wildman–Crippen LogP) is 2.13. The second-order valence-electron chi connectivity index (χ2n) is 3.59. The van der Waals surface area contributed by atoms with Crippen molar-refractivity contribution >= 4 is 5.69 Å². The molecule has 0 saturated carbocycles. The minimum Gasteiger partial charge on any atom is -0.387 e. The number of pyridine rings is 1. The molecule has 3 nitrogen and oxygen atoms in total. The molecule has 0 radical (unpaired) electrons. The summed E-state index contributed by atoms with van der Waals surface area (Å²) in [5.41, 5.74) is 0.797. The van der Waals surface area contributed by atoms with E-state index < -0.39 is 18.8 Å². The maximum Gasteiger partial charge on any atom is 0.405 e. The van der Waals surface area contributed by atoms with Gasteiger partial charge in [0.15, 0.2) is 0 Å². The molecule has 0 unspecified atom stereocenters. The summed E-state index contributed by atoms with van der Waals surface area (Å²) in [5.74, 6) is 0. The van der Waals surface area contributed by atoms with Crippen molar-refractivity contribution in [2.75, 3.05) is 18.5 Å². The Hall–Kier alpha value is -1.30. The van der Waals surface area contributed by atoms with Gasteiger partial charge < -0.3 is 10.0 Å². The molecule has 0 aliphatic carbocycles. The molecule has 16 heavy (non-hydrogen) atoms. The third-order valence-electron chi connectivity index (χ3n) is 2.06. The Balaban J connectivity index is 2.74. The molecule has 1 aromatic heterocycles. The smallest absolute Gasteiger partial charge is 0.387 e. The molecule has 1 rings (SSSR count). The Morgan fingerprint density at radius 2 is 2.06 bits per heavy atom. The van der Waals surface area contributed by atoms with Crippen LogP contribution in [-0.2, 0) is 0 Å². The van der Waals surface area contributed by atoms with Crippen LogP contribution in [0.1, 0.15) is 18.7 Å². The van der Waals surface area contributed by atoms with Gasteiger partial charge in [-0.15, -0.1) is 0 Å². The summed E-state index contributed by atoms with van der Waals surface area (Å²) in [6, 6.07) is 3.01. The zero-order valence-electron chi connectivity index (χ0n) is 8.99.